The standard InChI is InChI=1S/C27H28F2N2O5/c1-5-34-24(32)27(28,29)14-26(33)20-10-17(18-12-30-16-31-13-18)6-8-22(20)36-23-9-7-19(11-21(23)26)35-15-25(2,3)4/h6-13,16,33H,5,14-15H2,1-4H3. The number of fused-ring (bicyclic) bond motifs is 2. The molecule has 4 rings (SSSR count). The van der Waals surface area contributed by atoms with E-state index in [1.54, 1.807) is 42.7 Å². The van der Waals surface area contributed by atoms with Gasteiger partial charge in [-0.05, 0) is 48.2 Å². The molecule has 0 bridgehead atoms. The Morgan fingerprint density at radius 2 is 1.67 bits per heavy atom. The van der Waals surface area contributed by atoms with Gasteiger partial charge in [-0.25, -0.2) is 14.8 Å². The van der Waals surface area contributed by atoms with Gasteiger partial charge in [0.2, 0.25) is 0 Å². The Labute approximate surface area is 208 Å². The molecule has 36 heavy (non-hydrogen) atoms. The van der Waals surface area contributed by atoms with Crippen LogP contribution in [0.2, 0.25) is 0 Å². The molecule has 190 valence electrons. The second-order valence-electron chi connectivity index (χ2n) is 9.91. The third-order valence-corrected chi connectivity index (χ3v) is 5.66. The largest absolute Gasteiger partial charge is 0.493 e. The molecule has 1 aromatic heterocycles. The van der Waals surface area contributed by atoms with Gasteiger partial charge in [0, 0.05) is 29.1 Å². The van der Waals surface area contributed by atoms with E-state index in [1.807, 2.05) is 20.8 Å². The molecule has 2 aromatic carbocycles. The average Bonchev–Trinajstić information content (AvgIpc) is 2.83. The molecule has 0 saturated heterocycles. The van der Waals surface area contributed by atoms with E-state index in [-0.39, 0.29) is 34.6 Å². The molecule has 1 unspecified atom stereocenters. The van der Waals surface area contributed by atoms with Gasteiger partial charge in [-0.2, -0.15) is 8.78 Å². The van der Waals surface area contributed by atoms with Crippen LogP contribution < -0.4 is 9.47 Å². The van der Waals surface area contributed by atoms with Crippen LogP contribution in [0.3, 0.4) is 0 Å². The second-order valence-corrected chi connectivity index (χ2v) is 9.91. The minimum Gasteiger partial charge on any atom is -0.493 e. The fraction of sp³-hybridized carbons (Fsp3) is 0.370. The zero-order chi connectivity index (χ0) is 26.1. The molecule has 2 heterocycles. The highest BCUT2D eigenvalue weighted by Gasteiger charge is 2.53. The molecule has 7 nitrogen and oxygen atoms in total. The summed E-state index contributed by atoms with van der Waals surface area (Å²) in [6.07, 6.45) is 3.25. The third kappa shape index (κ3) is 5.16. The maximum Gasteiger partial charge on any atom is 0.377 e. The summed E-state index contributed by atoms with van der Waals surface area (Å²) in [6, 6.07) is 9.52. The van der Waals surface area contributed by atoms with Crippen LogP contribution in [0, 0.1) is 5.41 Å². The average molecular weight is 499 g/mol. The predicted molar refractivity (Wildman–Crippen MR) is 128 cm³/mol. The van der Waals surface area contributed by atoms with Crippen molar-refractivity contribution in [3.63, 3.8) is 0 Å². The molecule has 0 spiro atoms. The number of aromatic nitrogens is 2. The van der Waals surface area contributed by atoms with Gasteiger partial charge in [0.05, 0.1) is 19.6 Å². The lowest BCUT2D eigenvalue weighted by molar-refractivity contribution is -0.179. The van der Waals surface area contributed by atoms with Crippen LogP contribution in [0.4, 0.5) is 8.78 Å². The van der Waals surface area contributed by atoms with Gasteiger partial charge in [-0.15, -0.1) is 0 Å². The fourth-order valence-corrected chi connectivity index (χ4v) is 3.96. The number of halogens is 2. The zero-order valence-electron chi connectivity index (χ0n) is 20.5. The van der Waals surface area contributed by atoms with Crippen LogP contribution in [0.25, 0.3) is 11.1 Å². The number of carbonyl (C=O) groups is 1. The highest BCUT2D eigenvalue weighted by molar-refractivity contribution is 5.78. The van der Waals surface area contributed by atoms with Gasteiger partial charge in [0.15, 0.2) is 0 Å². The molecular formula is C27H28F2N2O5. The summed E-state index contributed by atoms with van der Waals surface area (Å²) in [4.78, 5) is 20.1. The molecule has 1 atom stereocenters. The van der Waals surface area contributed by atoms with Crippen molar-refractivity contribution in [3.8, 4) is 28.4 Å². The Kier molecular flexibility index (Phi) is 6.70. The number of alkyl halides is 2. The molecule has 0 fully saturated rings. The van der Waals surface area contributed by atoms with Crippen molar-refractivity contribution in [2.75, 3.05) is 13.2 Å². The summed E-state index contributed by atoms with van der Waals surface area (Å²) >= 11 is 0. The van der Waals surface area contributed by atoms with Crippen LogP contribution in [-0.4, -0.2) is 40.2 Å². The minimum atomic E-state index is -3.98. The van der Waals surface area contributed by atoms with E-state index in [0.29, 0.717) is 23.5 Å². The number of hydrogen-bond acceptors (Lipinski definition) is 7. The van der Waals surface area contributed by atoms with E-state index >= 15 is 8.78 Å². The Morgan fingerprint density at radius 1 is 1.03 bits per heavy atom. The Balaban J connectivity index is 1.84. The molecule has 1 N–H and O–H groups in total. The smallest absolute Gasteiger partial charge is 0.377 e. The van der Waals surface area contributed by atoms with Crippen molar-refractivity contribution >= 4 is 5.97 Å². The third-order valence-electron chi connectivity index (χ3n) is 5.66. The molecule has 0 aliphatic carbocycles. The van der Waals surface area contributed by atoms with Crippen LogP contribution in [-0.2, 0) is 15.1 Å². The van der Waals surface area contributed by atoms with Crippen molar-refractivity contribution in [1.82, 2.24) is 9.97 Å². The molecule has 9 heteroatoms. The fourth-order valence-electron chi connectivity index (χ4n) is 3.96. The normalized spacial score (nSPS) is 17.0. The first-order valence-electron chi connectivity index (χ1n) is 11.6. The lowest BCUT2D eigenvalue weighted by Crippen LogP contribution is -2.42. The number of rotatable bonds is 7. The van der Waals surface area contributed by atoms with E-state index in [1.165, 1.54) is 19.3 Å². The van der Waals surface area contributed by atoms with E-state index in [2.05, 4.69) is 14.7 Å². The number of nitrogens with zero attached hydrogens (tertiary/aromatic N) is 2. The second kappa shape index (κ2) is 9.46. The first-order valence-corrected chi connectivity index (χ1v) is 11.6. The number of ether oxygens (including phenoxy) is 3. The maximum atomic E-state index is 15.1. The van der Waals surface area contributed by atoms with Gasteiger partial charge < -0.3 is 19.3 Å². The Hall–Kier alpha value is -3.59. The SMILES string of the molecule is CCOC(=O)C(F)(F)CC1(O)c2cc(OCC(C)(C)C)ccc2Oc2ccc(-c3cncnc3)cc21. The molecule has 0 saturated carbocycles. The van der Waals surface area contributed by atoms with E-state index < -0.39 is 23.9 Å². The number of carbonyl (C=O) groups excluding carboxylic acids is 1. The molecular weight excluding hydrogens is 470 g/mol. The van der Waals surface area contributed by atoms with Crippen molar-refractivity contribution in [2.45, 2.75) is 45.6 Å². The van der Waals surface area contributed by atoms with Crippen molar-refractivity contribution in [1.29, 1.82) is 0 Å². The van der Waals surface area contributed by atoms with Crippen LogP contribution in [0.15, 0.2) is 55.1 Å². The van der Waals surface area contributed by atoms with Gasteiger partial charge in [0.25, 0.3) is 0 Å². The topological polar surface area (TPSA) is 90.8 Å². The molecule has 3 aromatic rings. The number of benzene rings is 2. The lowest BCUT2D eigenvalue weighted by Gasteiger charge is -2.38. The van der Waals surface area contributed by atoms with E-state index in [9.17, 15) is 9.90 Å². The summed E-state index contributed by atoms with van der Waals surface area (Å²) in [5.41, 5.74) is -1.11. The van der Waals surface area contributed by atoms with Crippen LogP contribution in [0.5, 0.6) is 17.2 Å². The number of hydrogen-bond donors (Lipinski definition) is 1. The van der Waals surface area contributed by atoms with Gasteiger partial charge >= 0.3 is 11.9 Å². The van der Waals surface area contributed by atoms with Crippen molar-refractivity contribution in [2.24, 2.45) is 5.41 Å². The number of aliphatic hydroxyl groups is 1. The molecule has 0 amide bonds. The molecule has 1 aliphatic rings. The van der Waals surface area contributed by atoms with Crippen LogP contribution >= 0.6 is 0 Å². The predicted octanol–water partition coefficient (Wildman–Crippen LogP) is 5.50. The summed E-state index contributed by atoms with van der Waals surface area (Å²) in [6.45, 7) is 7.57. The molecule has 1 aliphatic heterocycles. The summed E-state index contributed by atoms with van der Waals surface area (Å²) in [5, 5.41) is 12.0. The van der Waals surface area contributed by atoms with Gasteiger partial charge in [-0.1, -0.05) is 26.8 Å². The minimum absolute atomic E-state index is 0.0619. The Bertz CT molecular complexity index is 1260. The summed E-state index contributed by atoms with van der Waals surface area (Å²) in [5.74, 6) is -4.94. The molecule has 0 radical (unpaired) electrons. The summed E-state index contributed by atoms with van der Waals surface area (Å²) in [7, 11) is 0. The highest BCUT2D eigenvalue weighted by Crippen LogP contribution is 2.52. The van der Waals surface area contributed by atoms with Crippen molar-refractivity contribution < 1.29 is 32.9 Å². The highest BCUT2D eigenvalue weighted by atomic mass is 19.3. The van der Waals surface area contributed by atoms with Gasteiger partial charge in [-0.3, -0.25) is 0 Å². The Morgan fingerprint density at radius 3 is 2.31 bits per heavy atom. The number of esters is 1. The first kappa shape index (κ1) is 25.5. The quantitative estimate of drug-likeness (QED) is 0.430. The lowest BCUT2D eigenvalue weighted by atomic mass is 9.78. The van der Waals surface area contributed by atoms with Crippen LogP contribution in [0.1, 0.15) is 45.2 Å². The van der Waals surface area contributed by atoms with Gasteiger partial charge in [0.1, 0.15) is 29.2 Å². The van der Waals surface area contributed by atoms with Crippen molar-refractivity contribution in [3.05, 3.63) is 66.2 Å². The first-order chi connectivity index (χ1) is 16.9. The van der Waals surface area contributed by atoms with E-state index in [4.69, 9.17) is 9.47 Å². The summed E-state index contributed by atoms with van der Waals surface area (Å²) < 4.78 is 46.7. The maximum absolute atomic E-state index is 15.1. The monoisotopic (exact) mass is 498 g/mol. The zero-order valence-corrected chi connectivity index (χ0v) is 20.5. The van der Waals surface area contributed by atoms with E-state index in [0.717, 1.165) is 0 Å².